The van der Waals surface area contributed by atoms with Crippen molar-refractivity contribution in [1.29, 1.82) is 0 Å². The summed E-state index contributed by atoms with van der Waals surface area (Å²) < 4.78 is 132. The molecule has 0 saturated heterocycles. The van der Waals surface area contributed by atoms with Gasteiger partial charge in [-0.15, -0.1) is 0 Å². The minimum atomic E-state index is -0.782. The molecule has 6 heterocycles. The minimum Gasteiger partial charge on any atom is -0.309 e. The second-order valence-electron chi connectivity index (χ2n) is 31.1. The molecular weight excluding hydrogens is 1450 g/mol. The third-order valence-corrected chi connectivity index (χ3v) is 24.6. The van der Waals surface area contributed by atoms with Gasteiger partial charge in [0.1, 0.15) is 0 Å². The Labute approximate surface area is 711 Å². The molecule has 556 valence electrons. The van der Waals surface area contributed by atoms with Crippen LogP contribution in [-0.2, 0) is 0 Å². The molecule has 0 N–H and O–H groups in total. The molecule has 0 radical (unpaired) electrons. The van der Waals surface area contributed by atoms with E-state index in [9.17, 15) is 16.4 Å². The Morgan fingerprint density at radius 1 is 0.217 bits per heavy atom. The lowest BCUT2D eigenvalue weighted by atomic mass is 9.33. The number of para-hydroxylation sites is 4. The minimum absolute atomic E-state index is 0.0998. The average Bonchev–Trinajstić information content (AvgIpc) is 1.50. The summed E-state index contributed by atoms with van der Waals surface area (Å²) in [6.07, 6.45) is 0. The Balaban J connectivity index is 0.900. The molecule has 23 aromatic rings. The summed E-state index contributed by atoms with van der Waals surface area (Å²) in [7, 11) is 0. The van der Waals surface area contributed by atoms with Gasteiger partial charge in [-0.05, 0) is 168 Å². The van der Waals surface area contributed by atoms with Gasteiger partial charge in [-0.2, -0.15) is 0 Å². The van der Waals surface area contributed by atoms with Gasteiger partial charge in [0.05, 0.1) is 77.8 Å². The lowest BCUT2D eigenvalue weighted by molar-refractivity contribution is 1.17. The number of fused-ring (bicyclic) bond motifs is 18. The molecule has 25 rings (SSSR count). The second-order valence-corrected chi connectivity index (χ2v) is 31.1. The number of anilines is 6. The first-order chi connectivity index (χ1) is 64.7. The topological polar surface area (TPSA) is 20.8 Å². The summed E-state index contributed by atoms with van der Waals surface area (Å²) in [5.74, 6) is 0. The summed E-state index contributed by atoms with van der Waals surface area (Å²) in [5.41, 5.74) is 21.4. The first-order valence-corrected chi connectivity index (χ1v) is 40.6. The molecule has 4 aromatic heterocycles. The van der Waals surface area contributed by atoms with Gasteiger partial charge in [0.15, 0.2) is 0 Å². The number of benzene rings is 19. The summed E-state index contributed by atoms with van der Waals surface area (Å²) in [5, 5.41) is 4.56. The van der Waals surface area contributed by atoms with E-state index in [0.29, 0.717) is 45.0 Å². The fourth-order valence-corrected chi connectivity index (χ4v) is 19.4. The third kappa shape index (κ3) is 10.2. The van der Waals surface area contributed by atoms with Crippen LogP contribution in [0.4, 0.5) is 34.1 Å². The van der Waals surface area contributed by atoms with Gasteiger partial charge in [-0.25, -0.2) is 0 Å². The van der Waals surface area contributed by atoms with Crippen molar-refractivity contribution in [3.63, 3.8) is 0 Å². The van der Waals surface area contributed by atoms with Gasteiger partial charge >= 0.3 is 0 Å². The van der Waals surface area contributed by atoms with Crippen molar-refractivity contribution in [1.82, 2.24) is 13.5 Å². The Morgan fingerprint density at radius 2 is 0.492 bits per heavy atom. The van der Waals surface area contributed by atoms with Crippen LogP contribution in [0.2, 0.25) is 0 Å². The Morgan fingerprint density at radius 3 is 0.792 bits per heavy atom. The monoisotopic (exact) mass is 1530 g/mol. The number of hydrogen-bond donors (Lipinski definition) is 0. The lowest BCUT2D eigenvalue weighted by Crippen LogP contribution is -2.61. The van der Waals surface area contributed by atoms with Crippen LogP contribution >= 0.6 is 0 Å². The molecule has 5 nitrogen and oxygen atoms in total. The smallest absolute Gasteiger partial charge is 0.252 e. The molecule has 19 aromatic carbocycles. The molecule has 0 bridgehead atoms. The van der Waals surface area contributed by atoms with Crippen LogP contribution in [0.1, 0.15) is 16.4 Å². The first-order valence-electron chi connectivity index (χ1n) is 46.6. The molecule has 0 spiro atoms. The quantitative estimate of drug-likeness (QED) is 0.114. The van der Waals surface area contributed by atoms with Crippen molar-refractivity contribution >= 4 is 139 Å². The molecule has 6 heteroatoms. The zero-order valence-electron chi connectivity index (χ0n) is 76.5. The predicted molar refractivity (Wildman–Crippen MR) is 507 cm³/mol. The molecule has 0 amide bonds. The van der Waals surface area contributed by atoms with E-state index in [2.05, 4.69) is 220 Å². The average molecular weight is 1530 g/mol. The van der Waals surface area contributed by atoms with Gasteiger partial charge in [-0.1, -0.05) is 352 Å². The maximum absolute atomic E-state index is 10.6. The van der Waals surface area contributed by atoms with E-state index in [1.54, 1.807) is 9.13 Å². The molecule has 0 unspecified atom stereocenters. The van der Waals surface area contributed by atoms with E-state index in [4.69, 9.17) is 0 Å². The Kier molecular flexibility index (Phi) is 12.7. The summed E-state index contributed by atoms with van der Waals surface area (Å²) >= 11 is 0. The van der Waals surface area contributed by atoms with Crippen LogP contribution in [0.5, 0.6) is 0 Å². The van der Waals surface area contributed by atoms with E-state index in [1.807, 2.05) is 158 Å². The summed E-state index contributed by atoms with van der Waals surface area (Å²) in [6, 6.07) is 119. The van der Waals surface area contributed by atoms with Crippen molar-refractivity contribution in [2.45, 2.75) is 0 Å². The molecule has 0 aliphatic carbocycles. The fraction of sp³-hybridized carbons (Fsp3) is 0. The van der Waals surface area contributed by atoms with E-state index in [0.717, 1.165) is 122 Å². The third-order valence-electron chi connectivity index (χ3n) is 24.6. The molecule has 2 aliphatic heterocycles. The number of aromatic nitrogens is 3. The Hall–Kier alpha value is -15.8. The lowest BCUT2D eigenvalue weighted by Gasteiger charge is -2.46. The van der Waals surface area contributed by atoms with Crippen LogP contribution in [0, 0.1) is 0 Å². The zero-order valence-corrected chi connectivity index (χ0v) is 64.5. The SMILES string of the molecule is [2H]c1c(-c2ccccc2)c([2H])c2c3c([2H])c(-c4ccccc4)c([2H])c([2H])c3n(-c3ccc4c(c3)N(c3c(-c5ccccc5)cccc3-c3ccccc3)c3c5c(c6c7ccccc7n7c8ccccc8c3c67)N(c3c(-c6ccccc6)cccc3-c3ccccc3)c3cc(-n6c7c([2H])c([2H])c(-c8ccccc8)c([2H])c7c7c([2H])c(-c8ccccc8)c([2H])c([2H])c76)ccc3B45)c2c1[2H]. The molecule has 0 fully saturated rings. The maximum atomic E-state index is 10.6. The summed E-state index contributed by atoms with van der Waals surface area (Å²) in [4.78, 5) is 4.94. The second kappa shape index (κ2) is 26.9. The van der Waals surface area contributed by atoms with E-state index >= 15 is 0 Å². The molecule has 0 saturated carbocycles. The van der Waals surface area contributed by atoms with Gasteiger partial charge in [-0.3, -0.25) is 0 Å². The van der Waals surface area contributed by atoms with Crippen LogP contribution in [0.3, 0.4) is 0 Å². The van der Waals surface area contributed by atoms with Gasteiger partial charge in [0.25, 0.3) is 6.71 Å². The van der Waals surface area contributed by atoms with Crippen molar-refractivity contribution in [2.24, 2.45) is 0 Å². The van der Waals surface area contributed by atoms with Crippen molar-refractivity contribution < 1.29 is 16.4 Å². The normalized spacial score (nSPS) is 13.8. The number of rotatable bonds is 12. The van der Waals surface area contributed by atoms with E-state index in [-0.39, 0.29) is 138 Å². The van der Waals surface area contributed by atoms with E-state index < -0.39 is 6.71 Å². The highest BCUT2D eigenvalue weighted by atomic mass is 15.2. The van der Waals surface area contributed by atoms with Crippen molar-refractivity contribution in [3.8, 4) is 100 Å². The molecular formula is C114H72BN5. The molecule has 2 aliphatic rings. The van der Waals surface area contributed by atoms with Crippen molar-refractivity contribution in [3.05, 3.63) is 436 Å². The zero-order chi connectivity index (χ0) is 89.1. The summed E-state index contributed by atoms with van der Waals surface area (Å²) in [6.45, 7) is -0.782. The Bertz CT molecular complexity index is 7990. The highest BCUT2D eigenvalue weighted by molar-refractivity contribution is 7.01. The fourth-order valence-electron chi connectivity index (χ4n) is 19.4. The number of nitrogens with zero attached hydrogens (tertiary/aromatic N) is 5. The largest absolute Gasteiger partial charge is 0.309 e. The standard InChI is InChI=1S/C114H72BN5/c1-9-31-73(32-10-1)81-55-63-101-93(67-81)94-68-82(74-33-11-2-12-34-74)56-64-102(94)116(101)85-59-61-97-105(71-85)119(110-87(77-39-17-5-18-40-77)49-29-50-88(110)78-41-19-6-20-42-78)113-107-91-47-25-27-53-99(91)118-100-54-28-26-48-92(100)108(112(107)118)114-109(113)115(97)98-62-60-86(72-106(98)120(114)111-89(79-43-21-7-22-44-79)51-30-52-90(111)80-45-23-8-24-46-80)117-103-65-57-83(75-35-13-3-14-36-75)69-95(103)96-70-84(58-66-104(96)117)76-37-15-4-16-38-76/h1-72H/i55D,56D,57D,58D,63D,64D,65D,66D,67D,68D,69D,70D. The van der Waals surface area contributed by atoms with Crippen molar-refractivity contribution in [2.75, 3.05) is 9.80 Å². The van der Waals surface area contributed by atoms with Gasteiger partial charge < -0.3 is 23.3 Å². The predicted octanol–water partition coefficient (Wildman–Crippen LogP) is 28.4. The molecule has 120 heavy (non-hydrogen) atoms. The van der Waals surface area contributed by atoms with Crippen LogP contribution in [-0.4, -0.2) is 20.2 Å². The van der Waals surface area contributed by atoms with E-state index in [1.165, 1.54) is 0 Å². The highest BCUT2D eigenvalue weighted by Gasteiger charge is 2.49. The first kappa shape index (κ1) is 56.5. The molecule has 0 atom stereocenters. The maximum Gasteiger partial charge on any atom is 0.252 e. The van der Waals surface area contributed by atoms with Crippen LogP contribution in [0.15, 0.2) is 436 Å². The van der Waals surface area contributed by atoms with Gasteiger partial charge in [0, 0.05) is 88.1 Å². The number of hydrogen-bond acceptors (Lipinski definition) is 2. The van der Waals surface area contributed by atoms with Crippen LogP contribution in [0.25, 0.3) is 182 Å². The van der Waals surface area contributed by atoms with Crippen LogP contribution < -0.4 is 26.2 Å². The van der Waals surface area contributed by atoms with Gasteiger partial charge in [0.2, 0.25) is 0 Å². The highest BCUT2D eigenvalue weighted by Crippen LogP contribution is 2.59.